The smallest absolute Gasteiger partial charge is 0.242 e. The van der Waals surface area contributed by atoms with Crippen LogP contribution in [0.15, 0.2) is 65.6 Å². The molecule has 1 N–H and O–H groups in total. The fourth-order valence-electron chi connectivity index (χ4n) is 4.07. The lowest BCUT2D eigenvalue weighted by molar-refractivity contribution is -0.121. The first-order valence-electron chi connectivity index (χ1n) is 10.8. The molecule has 0 spiro atoms. The summed E-state index contributed by atoms with van der Waals surface area (Å²) in [7, 11) is 1.35. The quantitative estimate of drug-likeness (QED) is 0.451. The number of sulfonamides is 1. The normalized spacial score (nSPS) is 13.0. The van der Waals surface area contributed by atoms with Crippen LogP contribution in [0.4, 0.5) is 0 Å². The summed E-state index contributed by atoms with van der Waals surface area (Å²) in [6.07, 6.45) is 0.740. The molecule has 4 aromatic rings. The van der Waals surface area contributed by atoms with E-state index in [2.05, 4.69) is 28.5 Å². The second-order valence-corrected chi connectivity index (χ2v) is 10.5. The number of imidazole rings is 1. The minimum atomic E-state index is -3.53. The van der Waals surface area contributed by atoms with Gasteiger partial charge in [-0.3, -0.25) is 4.79 Å². The van der Waals surface area contributed by atoms with E-state index in [-0.39, 0.29) is 23.3 Å². The van der Waals surface area contributed by atoms with Gasteiger partial charge in [0.25, 0.3) is 0 Å². The van der Waals surface area contributed by atoms with Gasteiger partial charge in [0.2, 0.25) is 15.9 Å². The van der Waals surface area contributed by atoms with E-state index in [4.69, 9.17) is 0 Å². The zero-order chi connectivity index (χ0) is 23.8. The predicted molar refractivity (Wildman–Crippen MR) is 130 cm³/mol. The lowest BCUT2D eigenvalue weighted by Crippen LogP contribution is -2.27. The van der Waals surface area contributed by atoms with Gasteiger partial charge in [-0.25, -0.2) is 17.7 Å². The van der Waals surface area contributed by atoms with Crippen molar-refractivity contribution >= 4 is 37.7 Å². The third-order valence-electron chi connectivity index (χ3n) is 5.97. The Kier molecular flexibility index (Phi) is 6.23. The van der Waals surface area contributed by atoms with Crippen LogP contribution in [0, 0.1) is 0 Å². The van der Waals surface area contributed by atoms with Gasteiger partial charge in [-0.2, -0.15) is 0 Å². The van der Waals surface area contributed by atoms with Crippen LogP contribution in [-0.4, -0.2) is 42.3 Å². The maximum absolute atomic E-state index is 12.7. The SMILES string of the molecule is C[C@@H](NC(=O)CCc1nc2cc(S(=O)(=O)N(C)C)ccc2n1C)c1cccc2ccccc12. The molecule has 0 aliphatic heterocycles. The average Bonchev–Trinajstić information content (AvgIpc) is 3.12. The Balaban J connectivity index is 1.47. The molecule has 0 bridgehead atoms. The van der Waals surface area contributed by atoms with Crippen LogP contribution in [0.5, 0.6) is 0 Å². The van der Waals surface area contributed by atoms with Crippen molar-refractivity contribution in [3.63, 3.8) is 0 Å². The average molecular weight is 465 g/mol. The molecule has 172 valence electrons. The van der Waals surface area contributed by atoms with E-state index in [0.29, 0.717) is 11.9 Å². The first kappa shape index (κ1) is 22.9. The van der Waals surface area contributed by atoms with Crippen molar-refractivity contribution in [2.75, 3.05) is 14.1 Å². The van der Waals surface area contributed by atoms with Crippen molar-refractivity contribution in [2.24, 2.45) is 7.05 Å². The summed E-state index contributed by atoms with van der Waals surface area (Å²) in [5.74, 6) is 0.677. The zero-order valence-electron chi connectivity index (χ0n) is 19.2. The third kappa shape index (κ3) is 4.49. The Bertz CT molecular complexity index is 1440. The molecule has 1 amide bonds. The molecule has 3 aromatic carbocycles. The van der Waals surface area contributed by atoms with Gasteiger partial charge in [-0.1, -0.05) is 42.5 Å². The minimum Gasteiger partial charge on any atom is -0.350 e. The fraction of sp³-hybridized carbons (Fsp3) is 0.280. The molecule has 4 rings (SSSR count). The molecule has 0 saturated heterocycles. The Hall–Kier alpha value is -3.23. The standard InChI is InChI=1S/C25H28N4O3S/c1-17(20-11-7-9-18-8-5-6-10-21(18)20)26-25(30)15-14-24-27-22-16-19(33(31,32)28(2)3)12-13-23(22)29(24)4/h5-13,16-17H,14-15H2,1-4H3,(H,26,30)/t17-/m1/s1. The summed E-state index contributed by atoms with van der Waals surface area (Å²) in [5, 5.41) is 5.37. The van der Waals surface area contributed by atoms with Crippen LogP contribution >= 0.6 is 0 Å². The maximum atomic E-state index is 12.7. The molecular weight excluding hydrogens is 436 g/mol. The van der Waals surface area contributed by atoms with Crippen LogP contribution in [0.3, 0.4) is 0 Å². The van der Waals surface area contributed by atoms with E-state index in [9.17, 15) is 13.2 Å². The van der Waals surface area contributed by atoms with Gasteiger partial charge in [-0.15, -0.1) is 0 Å². The van der Waals surface area contributed by atoms with E-state index in [1.807, 2.05) is 42.8 Å². The molecule has 8 heteroatoms. The number of carbonyl (C=O) groups excluding carboxylic acids is 1. The number of hydrogen-bond donors (Lipinski definition) is 1. The monoisotopic (exact) mass is 464 g/mol. The number of hydrogen-bond acceptors (Lipinski definition) is 4. The molecular formula is C25H28N4O3S. The Morgan fingerprint density at radius 3 is 2.58 bits per heavy atom. The van der Waals surface area contributed by atoms with Crippen LogP contribution in [0.25, 0.3) is 21.8 Å². The minimum absolute atomic E-state index is 0.0571. The third-order valence-corrected chi connectivity index (χ3v) is 7.78. The van der Waals surface area contributed by atoms with Gasteiger partial charge in [0.05, 0.1) is 22.0 Å². The molecule has 0 radical (unpaired) electrons. The highest BCUT2D eigenvalue weighted by molar-refractivity contribution is 7.89. The van der Waals surface area contributed by atoms with Gasteiger partial charge >= 0.3 is 0 Å². The molecule has 7 nitrogen and oxygen atoms in total. The van der Waals surface area contributed by atoms with Crippen molar-refractivity contribution in [1.29, 1.82) is 0 Å². The molecule has 0 saturated carbocycles. The molecule has 0 aliphatic carbocycles. The van der Waals surface area contributed by atoms with Gasteiger partial charge in [0.1, 0.15) is 5.82 Å². The van der Waals surface area contributed by atoms with Crippen molar-refractivity contribution in [2.45, 2.75) is 30.7 Å². The summed E-state index contributed by atoms with van der Waals surface area (Å²) in [6.45, 7) is 1.99. The van der Waals surface area contributed by atoms with Gasteiger partial charge in [0, 0.05) is 34.0 Å². The summed E-state index contributed by atoms with van der Waals surface area (Å²) in [5.41, 5.74) is 2.51. The van der Waals surface area contributed by atoms with Crippen LogP contribution in [0.2, 0.25) is 0 Å². The number of aryl methyl sites for hydroxylation is 2. The van der Waals surface area contributed by atoms with E-state index in [1.54, 1.807) is 18.2 Å². The highest BCUT2D eigenvalue weighted by atomic mass is 32.2. The van der Waals surface area contributed by atoms with Crippen LogP contribution in [0.1, 0.15) is 30.8 Å². The highest BCUT2D eigenvalue weighted by Gasteiger charge is 2.19. The lowest BCUT2D eigenvalue weighted by Gasteiger charge is -2.16. The Labute approximate surface area is 194 Å². The number of nitrogens with one attached hydrogen (secondary N) is 1. The topological polar surface area (TPSA) is 84.3 Å². The number of aromatic nitrogens is 2. The van der Waals surface area contributed by atoms with Gasteiger partial charge < -0.3 is 9.88 Å². The van der Waals surface area contributed by atoms with E-state index in [1.165, 1.54) is 18.4 Å². The van der Waals surface area contributed by atoms with Crippen molar-refractivity contribution < 1.29 is 13.2 Å². The molecule has 33 heavy (non-hydrogen) atoms. The van der Waals surface area contributed by atoms with Crippen molar-refractivity contribution in [3.8, 4) is 0 Å². The summed E-state index contributed by atoms with van der Waals surface area (Å²) in [4.78, 5) is 17.5. The van der Waals surface area contributed by atoms with Gasteiger partial charge in [-0.05, 0) is 41.5 Å². The van der Waals surface area contributed by atoms with Crippen LogP contribution < -0.4 is 5.32 Å². The fourth-order valence-corrected chi connectivity index (χ4v) is 4.99. The van der Waals surface area contributed by atoms with Gasteiger partial charge in [0.15, 0.2) is 0 Å². The maximum Gasteiger partial charge on any atom is 0.242 e. The summed E-state index contributed by atoms with van der Waals surface area (Å²) < 4.78 is 27.9. The Morgan fingerprint density at radius 2 is 1.82 bits per heavy atom. The largest absolute Gasteiger partial charge is 0.350 e. The highest BCUT2D eigenvalue weighted by Crippen LogP contribution is 2.25. The molecule has 0 unspecified atom stereocenters. The summed E-state index contributed by atoms with van der Waals surface area (Å²) >= 11 is 0. The second-order valence-electron chi connectivity index (χ2n) is 8.38. The van der Waals surface area contributed by atoms with Crippen molar-refractivity contribution in [1.82, 2.24) is 19.2 Å². The first-order valence-corrected chi connectivity index (χ1v) is 12.3. The summed E-state index contributed by atoms with van der Waals surface area (Å²) in [6, 6.07) is 19.0. The number of fused-ring (bicyclic) bond motifs is 2. The number of nitrogens with zero attached hydrogens (tertiary/aromatic N) is 3. The Morgan fingerprint density at radius 1 is 1.09 bits per heavy atom. The molecule has 0 fully saturated rings. The predicted octanol–water partition coefficient (Wildman–Crippen LogP) is 3.79. The molecule has 1 aromatic heterocycles. The van der Waals surface area contributed by atoms with E-state index >= 15 is 0 Å². The van der Waals surface area contributed by atoms with Crippen molar-refractivity contribution in [3.05, 3.63) is 72.1 Å². The zero-order valence-corrected chi connectivity index (χ0v) is 20.1. The molecule has 0 aliphatic rings. The molecule has 1 heterocycles. The van der Waals surface area contributed by atoms with E-state index < -0.39 is 10.0 Å². The second kappa shape index (κ2) is 8.96. The number of benzene rings is 3. The lowest BCUT2D eigenvalue weighted by atomic mass is 9.99. The molecule has 1 atom stereocenters. The first-order chi connectivity index (χ1) is 15.7. The number of rotatable bonds is 7. The number of carbonyl (C=O) groups is 1. The van der Waals surface area contributed by atoms with Crippen LogP contribution in [-0.2, 0) is 28.3 Å². The number of amides is 1. The van der Waals surface area contributed by atoms with E-state index in [0.717, 1.165) is 27.7 Å².